The largest absolute Gasteiger partial charge is 0.467 e. The molecular formula is C15H18ClNO2. The van der Waals surface area contributed by atoms with Crippen molar-refractivity contribution < 1.29 is 9.53 Å². The van der Waals surface area contributed by atoms with Crippen LogP contribution in [0.15, 0.2) is 30.5 Å². The number of ether oxygens (including phenoxy) is 1. The van der Waals surface area contributed by atoms with Gasteiger partial charge in [-0.2, -0.15) is 0 Å². The van der Waals surface area contributed by atoms with Crippen molar-refractivity contribution in [3.63, 3.8) is 0 Å². The highest BCUT2D eigenvalue weighted by molar-refractivity contribution is 6.31. The summed E-state index contributed by atoms with van der Waals surface area (Å²) < 4.78 is 6.88. The second kappa shape index (κ2) is 6.11. The molecule has 2 aromatic rings. The van der Waals surface area contributed by atoms with Gasteiger partial charge in [-0.1, -0.05) is 37.4 Å². The Morgan fingerprint density at radius 1 is 1.42 bits per heavy atom. The van der Waals surface area contributed by atoms with Crippen molar-refractivity contribution in [3.05, 3.63) is 35.5 Å². The predicted molar refractivity (Wildman–Crippen MR) is 77.5 cm³/mol. The number of rotatable bonds is 5. The minimum Gasteiger partial charge on any atom is -0.467 e. The zero-order valence-electron chi connectivity index (χ0n) is 11.2. The van der Waals surface area contributed by atoms with E-state index in [1.807, 2.05) is 35.0 Å². The molecule has 1 unspecified atom stereocenters. The summed E-state index contributed by atoms with van der Waals surface area (Å²) in [6.45, 7) is 2.11. The summed E-state index contributed by atoms with van der Waals surface area (Å²) in [7, 11) is 1.43. The van der Waals surface area contributed by atoms with Crippen LogP contribution in [0.3, 0.4) is 0 Å². The number of esters is 1. The molecule has 4 heteroatoms. The van der Waals surface area contributed by atoms with Crippen molar-refractivity contribution in [3.8, 4) is 0 Å². The van der Waals surface area contributed by atoms with Crippen molar-refractivity contribution in [1.82, 2.24) is 4.57 Å². The third-order valence-corrected chi connectivity index (χ3v) is 3.56. The van der Waals surface area contributed by atoms with Gasteiger partial charge in [-0.3, -0.25) is 0 Å². The van der Waals surface area contributed by atoms with E-state index in [9.17, 15) is 4.79 Å². The highest BCUT2D eigenvalue weighted by Crippen LogP contribution is 2.26. The fraction of sp³-hybridized carbons (Fsp3) is 0.400. The summed E-state index contributed by atoms with van der Waals surface area (Å²) >= 11 is 6.04. The number of aromatic nitrogens is 1. The van der Waals surface area contributed by atoms with Crippen LogP contribution in [-0.4, -0.2) is 17.6 Å². The average molecular weight is 280 g/mol. The molecule has 0 spiro atoms. The summed E-state index contributed by atoms with van der Waals surface area (Å²) in [5.74, 6) is -0.203. The maximum atomic E-state index is 12.0. The van der Waals surface area contributed by atoms with Gasteiger partial charge in [0.1, 0.15) is 6.04 Å². The van der Waals surface area contributed by atoms with E-state index in [4.69, 9.17) is 16.3 Å². The van der Waals surface area contributed by atoms with E-state index in [0.717, 1.165) is 30.2 Å². The highest BCUT2D eigenvalue weighted by atomic mass is 35.5. The number of carbonyl (C=O) groups excluding carboxylic acids is 1. The minimum absolute atomic E-state index is 0.203. The Morgan fingerprint density at radius 2 is 2.21 bits per heavy atom. The van der Waals surface area contributed by atoms with Crippen LogP contribution in [0.5, 0.6) is 0 Å². The second-order valence-corrected chi connectivity index (χ2v) is 5.04. The number of hydrogen-bond acceptors (Lipinski definition) is 2. The molecule has 1 heterocycles. The van der Waals surface area contributed by atoms with E-state index in [-0.39, 0.29) is 12.0 Å². The zero-order valence-corrected chi connectivity index (χ0v) is 12.0. The van der Waals surface area contributed by atoms with Crippen LogP contribution < -0.4 is 0 Å². The van der Waals surface area contributed by atoms with Gasteiger partial charge < -0.3 is 9.30 Å². The lowest BCUT2D eigenvalue weighted by Crippen LogP contribution is -2.20. The Hall–Kier alpha value is -1.48. The maximum absolute atomic E-state index is 12.0. The van der Waals surface area contributed by atoms with Gasteiger partial charge >= 0.3 is 5.97 Å². The van der Waals surface area contributed by atoms with Crippen molar-refractivity contribution >= 4 is 28.5 Å². The van der Waals surface area contributed by atoms with E-state index in [0.29, 0.717) is 5.02 Å². The molecule has 0 aliphatic carbocycles. The normalized spacial score (nSPS) is 12.6. The van der Waals surface area contributed by atoms with E-state index in [2.05, 4.69) is 6.92 Å². The molecule has 1 aromatic carbocycles. The first-order chi connectivity index (χ1) is 9.17. The van der Waals surface area contributed by atoms with Crippen molar-refractivity contribution in [1.29, 1.82) is 0 Å². The summed E-state index contributed by atoms with van der Waals surface area (Å²) in [4.78, 5) is 12.0. The quantitative estimate of drug-likeness (QED) is 0.768. The molecule has 19 heavy (non-hydrogen) atoms. The standard InChI is InChI=1S/C15H18ClNO2/c1-3-4-5-13(15(18)19-2)17-9-8-11-6-7-12(16)10-14(11)17/h6-10,13H,3-5H2,1-2H3. The summed E-state index contributed by atoms with van der Waals surface area (Å²) in [6, 6.07) is 7.42. The molecular weight excluding hydrogens is 262 g/mol. The van der Waals surface area contributed by atoms with Gasteiger partial charge in [0.25, 0.3) is 0 Å². The first-order valence-electron chi connectivity index (χ1n) is 6.51. The molecule has 102 valence electrons. The Bertz CT molecular complexity index is 577. The second-order valence-electron chi connectivity index (χ2n) is 4.61. The van der Waals surface area contributed by atoms with Crippen LogP contribution in [-0.2, 0) is 9.53 Å². The summed E-state index contributed by atoms with van der Waals surface area (Å²) in [5, 5.41) is 1.75. The lowest BCUT2D eigenvalue weighted by atomic mass is 10.1. The minimum atomic E-state index is -0.277. The SMILES string of the molecule is CCCCC(C(=O)OC)n1ccc2ccc(Cl)cc21. The number of hydrogen-bond donors (Lipinski definition) is 0. The fourth-order valence-electron chi connectivity index (χ4n) is 2.30. The summed E-state index contributed by atoms with van der Waals surface area (Å²) in [5.41, 5.74) is 0.971. The Labute approximate surface area is 118 Å². The third-order valence-electron chi connectivity index (χ3n) is 3.33. The zero-order chi connectivity index (χ0) is 13.8. The van der Waals surface area contributed by atoms with Gasteiger partial charge in [0.15, 0.2) is 0 Å². The Morgan fingerprint density at radius 3 is 2.89 bits per heavy atom. The monoisotopic (exact) mass is 279 g/mol. The van der Waals surface area contributed by atoms with E-state index < -0.39 is 0 Å². The molecule has 0 amide bonds. The molecule has 0 bridgehead atoms. The van der Waals surface area contributed by atoms with Crippen molar-refractivity contribution in [2.75, 3.05) is 7.11 Å². The number of nitrogens with zero attached hydrogens (tertiary/aromatic N) is 1. The van der Waals surface area contributed by atoms with Crippen molar-refractivity contribution in [2.45, 2.75) is 32.2 Å². The molecule has 0 aliphatic heterocycles. The topological polar surface area (TPSA) is 31.2 Å². The molecule has 2 rings (SSSR count). The molecule has 1 atom stereocenters. The fourth-order valence-corrected chi connectivity index (χ4v) is 2.46. The molecule has 0 radical (unpaired) electrons. The number of benzene rings is 1. The van der Waals surface area contributed by atoms with Crippen molar-refractivity contribution in [2.24, 2.45) is 0 Å². The number of methoxy groups -OCH3 is 1. The molecule has 0 N–H and O–H groups in total. The number of halogens is 1. The highest BCUT2D eigenvalue weighted by Gasteiger charge is 2.21. The first kappa shape index (κ1) is 13.9. The third kappa shape index (κ3) is 2.92. The molecule has 0 fully saturated rings. The average Bonchev–Trinajstić information content (AvgIpc) is 2.82. The van der Waals surface area contributed by atoms with E-state index in [1.165, 1.54) is 7.11 Å². The van der Waals surface area contributed by atoms with E-state index in [1.54, 1.807) is 0 Å². The van der Waals surface area contributed by atoms with Crippen LogP contribution in [0.2, 0.25) is 5.02 Å². The van der Waals surface area contributed by atoms with Gasteiger partial charge in [-0.05, 0) is 30.0 Å². The van der Waals surface area contributed by atoms with Gasteiger partial charge in [0.2, 0.25) is 0 Å². The van der Waals surface area contributed by atoms with Crippen LogP contribution in [0, 0.1) is 0 Å². The van der Waals surface area contributed by atoms with Gasteiger partial charge in [0.05, 0.1) is 12.6 Å². The van der Waals surface area contributed by atoms with Crippen LogP contribution in [0.1, 0.15) is 32.2 Å². The molecule has 0 saturated carbocycles. The Kier molecular flexibility index (Phi) is 4.48. The molecule has 3 nitrogen and oxygen atoms in total. The lowest BCUT2D eigenvalue weighted by molar-refractivity contribution is -0.144. The number of fused-ring (bicyclic) bond motifs is 1. The van der Waals surface area contributed by atoms with Gasteiger partial charge in [0, 0.05) is 11.2 Å². The van der Waals surface area contributed by atoms with Crippen LogP contribution >= 0.6 is 11.6 Å². The molecule has 0 aliphatic rings. The molecule has 0 saturated heterocycles. The van der Waals surface area contributed by atoms with Gasteiger partial charge in [-0.25, -0.2) is 4.79 Å². The number of unbranched alkanes of at least 4 members (excludes halogenated alkanes) is 1. The molecule has 1 aromatic heterocycles. The Balaban J connectivity index is 2.43. The predicted octanol–water partition coefficient (Wildman–Crippen LogP) is 4.20. The van der Waals surface area contributed by atoms with Crippen LogP contribution in [0.25, 0.3) is 10.9 Å². The van der Waals surface area contributed by atoms with E-state index >= 15 is 0 Å². The summed E-state index contributed by atoms with van der Waals surface area (Å²) in [6.07, 6.45) is 4.74. The number of carbonyl (C=O) groups is 1. The lowest BCUT2D eigenvalue weighted by Gasteiger charge is -2.17. The maximum Gasteiger partial charge on any atom is 0.328 e. The van der Waals surface area contributed by atoms with Gasteiger partial charge in [-0.15, -0.1) is 0 Å². The van der Waals surface area contributed by atoms with Crippen LogP contribution in [0.4, 0.5) is 0 Å². The first-order valence-corrected chi connectivity index (χ1v) is 6.89. The smallest absolute Gasteiger partial charge is 0.328 e.